The van der Waals surface area contributed by atoms with Gasteiger partial charge in [-0.05, 0) is 6.42 Å². The summed E-state index contributed by atoms with van der Waals surface area (Å²) in [5.41, 5.74) is -0.226. The summed E-state index contributed by atoms with van der Waals surface area (Å²) in [4.78, 5) is 0. The molecule has 1 saturated carbocycles. The summed E-state index contributed by atoms with van der Waals surface area (Å²) in [6.45, 7) is 1.95. The predicted molar refractivity (Wildman–Crippen MR) is 34.2 cm³/mol. The van der Waals surface area contributed by atoms with Crippen molar-refractivity contribution in [1.29, 1.82) is 0 Å². The van der Waals surface area contributed by atoms with E-state index in [9.17, 15) is 0 Å². The molecule has 48 valence electrons. The molecule has 0 heterocycles. The molecule has 0 aromatic heterocycles. The Morgan fingerprint density at radius 2 is 2.00 bits per heavy atom. The third kappa shape index (κ3) is 0.734. The van der Waals surface area contributed by atoms with Gasteiger partial charge in [-0.1, -0.05) is 6.92 Å². The molecule has 1 aliphatic carbocycles. The Hall–Kier alpha value is 0.540. The molecule has 0 spiro atoms. The van der Waals surface area contributed by atoms with Crippen molar-refractivity contribution < 1.29 is 5.11 Å². The number of rotatable bonds is 1. The van der Waals surface area contributed by atoms with Gasteiger partial charge in [0.05, 0.1) is 6.61 Å². The Balaban J connectivity index is 2.55. The summed E-state index contributed by atoms with van der Waals surface area (Å²) in [7, 11) is 0. The summed E-state index contributed by atoms with van der Waals surface area (Å²) < 4.78 is -0.651. The van der Waals surface area contributed by atoms with Crippen LogP contribution >= 0.6 is 23.2 Å². The largest absolute Gasteiger partial charge is 0.396 e. The molecular weight excluding hydrogens is 147 g/mol. The highest BCUT2D eigenvalue weighted by Gasteiger charge is 2.62. The molecule has 1 aliphatic rings. The van der Waals surface area contributed by atoms with Crippen molar-refractivity contribution in [3.05, 3.63) is 0 Å². The van der Waals surface area contributed by atoms with E-state index in [1.54, 1.807) is 0 Å². The fourth-order valence-electron chi connectivity index (χ4n) is 0.617. The third-order valence-corrected chi connectivity index (χ3v) is 2.90. The second kappa shape index (κ2) is 1.53. The average Bonchev–Trinajstić information content (AvgIpc) is 2.10. The van der Waals surface area contributed by atoms with Gasteiger partial charge < -0.3 is 5.11 Å². The van der Waals surface area contributed by atoms with Gasteiger partial charge in [-0.2, -0.15) is 0 Å². The summed E-state index contributed by atoms with van der Waals surface area (Å²) in [6, 6.07) is 0. The quantitative estimate of drug-likeness (QED) is 0.569. The molecule has 1 nitrogen and oxygen atoms in total. The standard InChI is InChI=1S/C5H8Cl2O/c1-4(3-8)2-5(4,6)7/h8H,2-3H2,1H3/t4-/m1/s1. The van der Waals surface area contributed by atoms with E-state index in [4.69, 9.17) is 28.3 Å². The molecule has 8 heavy (non-hydrogen) atoms. The van der Waals surface area contributed by atoms with Crippen LogP contribution in [0, 0.1) is 5.41 Å². The zero-order valence-electron chi connectivity index (χ0n) is 4.62. The van der Waals surface area contributed by atoms with Crippen LogP contribution in [0.1, 0.15) is 13.3 Å². The lowest BCUT2D eigenvalue weighted by molar-refractivity contribution is 0.222. The van der Waals surface area contributed by atoms with E-state index in [-0.39, 0.29) is 12.0 Å². The first kappa shape index (κ1) is 6.66. The van der Waals surface area contributed by atoms with E-state index in [1.165, 1.54) is 0 Å². The smallest absolute Gasteiger partial charge is 0.126 e. The first-order chi connectivity index (χ1) is 3.52. The highest BCUT2D eigenvalue weighted by atomic mass is 35.5. The van der Waals surface area contributed by atoms with Crippen molar-refractivity contribution in [1.82, 2.24) is 0 Å². The molecule has 0 unspecified atom stereocenters. The molecule has 0 radical (unpaired) electrons. The highest BCUT2D eigenvalue weighted by molar-refractivity contribution is 6.51. The summed E-state index contributed by atoms with van der Waals surface area (Å²) in [6.07, 6.45) is 0.708. The molecule has 0 aliphatic heterocycles. The fourth-order valence-corrected chi connectivity index (χ4v) is 1.33. The summed E-state index contributed by atoms with van der Waals surface area (Å²) in [5.74, 6) is 0. The van der Waals surface area contributed by atoms with Crippen molar-refractivity contribution in [3.8, 4) is 0 Å². The number of halogens is 2. The molecule has 1 rings (SSSR count). The van der Waals surface area contributed by atoms with Gasteiger partial charge in [0.1, 0.15) is 4.33 Å². The Labute approximate surface area is 58.6 Å². The van der Waals surface area contributed by atoms with Crippen LogP contribution in [0.15, 0.2) is 0 Å². The van der Waals surface area contributed by atoms with Gasteiger partial charge in [0.15, 0.2) is 0 Å². The average molecular weight is 155 g/mol. The first-order valence-electron chi connectivity index (χ1n) is 2.50. The van der Waals surface area contributed by atoms with Crippen molar-refractivity contribution in [2.45, 2.75) is 17.7 Å². The van der Waals surface area contributed by atoms with Crippen LogP contribution in [0.25, 0.3) is 0 Å². The van der Waals surface area contributed by atoms with Gasteiger partial charge in [0.2, 0.25) is 0 Å². The van der Waals surface area contributed by atoms with Crippen LogP contribution < -0.4 is 0 Å². The number of aliphatic hydroxyl groups excluding tert-OH is 1. The van der Waals surface area contributed by atoms with Gasteiger partial charge in [0, 0.05) is 5.41 Å². The minimum atomic E-state index is -0.651. The van der Waals surface area contributed by atoms with Gasteiger partial charge in [-0.25, -0.2) is 0 Å². The number of aliphatic hydroxyl groups is 1. The number of alkyl halides is 2. The second-order valence-corrected chi connectivity index (χ2v) is 4.08. The lowest BCUT2D eigenvalue weighted by atomic mass is 10.2. The van der Waals surface area contributed by atoms with E-state index in [2.05, 4.69) is 0 Å². The van der Waals surface area contributed by atoms with Gasteiger partial charge in [0.25, 0.3) is 0 Å². The molecule has 3 heteroatoms. The van der Waals surface area contributed by atoms with Crippen molar-refractivity contribution in [3.63, 3.8) is 0 Å². The van der Waals surface area contributed by atoms with Crippen LogP contribution in [0.4, 0.5) is 0 Å². The Morgan fingerprint density at radius 1 is 1.62 bits per heavy atom. The van der Waals surface area contributed by atoms with Crippen LogP contribution in [0.3, 0.4) is 0 Å². The van der Waals surface area contributed by atoms with Crippen molar-refractivity contribution in [2.75, 3.05) is 6.61 Å². The van der Waals surface area contributed by atoms with Gasteiger partial charge in [-0.3, -0.25) is 0 Å². The minimum Gasteiger partial charge on any atom is -0.396 e. The van der Waals surface area contributed by atoms with Crippen LogP contribution in [0.2, 0.25) is 0 Å². The number of hydrogen-bond acceptors (Lipinski definition) is 1. The fraction of sp³-hybridized carbons (Fsp3) is 1.00. The minimum absolute atomic E-state index is 0.0833. The van der Waals surface area contributed by atoms with Crippen LogP contribution in [-0.4, -0.2) is 16.0 Å². The number of hydrogen-bond donors (Lipinski definition) is 1. The van der Waals surface area contributed by atoms with Gasteiger partial charge >= 0.3 is 0 Å². The Bertz CT molecular complexity index is 113. The molecule has 1 N–H and O–H groups in total. The van der Waals surface area contributed by atoms with Gasteiger partial charge in [-0.15, -0.1) is 23.2 Å². The Morgan fingerprint density at radius 3 is 2.00 bits per heavy atom. The zero-order valence-corrected chi connectivity index (χ0v) is 6.13. The van der Waals surface area contributed by atoms with E-state index in [0.717, 1.165) is 0 Å². The molecule has 0 aromatic carbocycles. The lowest BCUT2D eigenvalue weighted by Crippen LogP contribution is -2.08. The summed E-state index contributed by atoms with van der Waals surface area (Å²) >= 11 is 11.3. The topological polar surface area (TPSA) is 20.2 Å². The third-order valence-electron chi connectivity index (χ3n) is 1.72. The maximum atomic E-state index is 8.63. The zero-order chi connectivity index (χ0) is 6.41. The molecule has 0 aromatic rings. The van der Waals surface area contributed by atoms with E-state index in [0.29, 0.717) is 6.42 Å². The molecule has 0 amide bonds. The van der Waals surface area contributed by atoms with Crippen LogP contribution in [0.5, 0.6) is 0 Å². The Kier molecular flexibility index (Phi) is 1.27. The normalized spacial score (nSPS) is 42.0. The van der Waals surface area contributed by atoms with Crippen molar-refractivity contribution >= 4 is 23.2 Å². The first-order valence-corrected chi connectivity index (χ1v) is 3.26. The van der Waals surface area contributed by atoms with E-state index < -0.39 is 4.33 Å². The molecule has 0 saturated heterocycles. The van der Waals surface area contributed by atoms with Crippen molar-refractivity contribution in [2.24, 2.45) is 5.41 Å². The summed E-state index contributed by atoms with van der Waals surface area (Å²) in [5, 5.41) is 8.63. The molecule has 0 bridgehead atoms. The second-order valence-electron chi connectivity index (χ2n) is 2.60. The molecule has 1 fully saturated rings. The van der Waals surface area contributed by atoms with Crippen LogP contribution in [-0.2, 0) is 0 Å². The SMILES string of the molecule is C[C@]1(CO)CC1(Cl)Cl. The highest BCUT2D eigenvalue weighted by Crippen LogP contribution is 2.63. The predicted octanol–water partition coefficient (Wildman–Crippen LogP) is 1.56. The lowest BCUT2D eigenvalue weighted by Gasteiger charge is -2.04. The molecule has 1 atom stereocenters. The maximum Gasteiger partial charge on any atom is 0.126 e. The van der Waals surface area contributed by atoms with E-state index >= 15 is 0 Å². The molecular formula is C5H8Cl2O. The maximum absolute atomic E-state index is 8.63. The van der Waals surface area contributed by atoms with E-state index in [1.807, 2.05) is 6.92 Å². The monoisotopic (exact) mass is 154 g/mol.